The fourth-order valence-electron chi connectivity index (χ4n) is 3.16. The summed E-state index contributed by atoms with van der Waals surface area (Å²) < 4.78 is 10.7. The van der Waals surface area contributed by atoms with Gasteiger partial charge in [-0.1, -0.05) is 31.4 Å². The van der Waals surface area contributed by atoms with Crippen molar-refractivity contribution in [2.45, 2.75) is 44.9 Å². The number of para-hydroxylation sites is 2. The van der Waals surface area contributed by atoms with Crippen LogP contribution in [0.5, 0.6) is 11.5 Å². The van der Waals surface area contributed by atoms with Crippen LogP contribution in [0.25, 0.3) is 0 Å². The quantitative estimate of drug-likeness (QED) is 0.660. The molecule has 1 fully saturated rings. The molecule has 1 saturated heterocycles. The molecule has 1 amide bonds. The molecule has 2 rings (SSSR count). The molecule has 140 valence electrons. The molecule has 5 nitrogen and oxygen atoms in total. The molecule has 1 aromatic rings. The van der Waals surface area contributed by atoms with E-state index in [9.17, 15) is 4.79 Å². The normalized spacial score (nSPS) is 15.4. The highest BCUT2D eigenvalue weighted by Gasteiger charge is 2.08. The molecule has 1 heterocycles. The van der Waals surface area contributed by atoms with Gasteiger partial charge in [0.2, 0.25) is 0 Å². The van der Waals surface area contributed by atoms with Crippen molar-refractivity contribution in [2.75, 3.05) is 39.9 Å². The molecule has 1 aliphatic rings. The number of nitrogens with one attached hydrogen (secondary N) is 1. The Bertz CT molecular complexity index is 499. The zero-order valence-corrected chi connectivity index (χ0v) is 15.5. The molecule has 0 radical (unpaired) electrons. The predicted molar refractivity (Wildman–Crippen MR) is 100 cm³/mol. The Labute approximate surface area is 151 Å². The van der Waals surface area contributed by atoms with Crippen LogP contribution in [0, 0.1) is 0 Å². The number of hydrogen-bond acceptors (Lipinski definition) is 4. The van der Waals surface area contributed by atoms with E-state index in [-0.39, 0.29) is 12.5 Å². The van der Waals surface area contributed by atoms with Crippen LogP contribution in [-0.2, 0) is 4.79 Å². The maximum Gasteiger partial charge on any atom is 0.257 e. The standard InChI is InChI=1S/C20H32N2O3/c1-24-18-11-5-6-12-19(18)25-17-20(23)21-13-7-4-10-16-22-14-8-2-3-9-15-22/h5-6,11-12H,2-4,7-10,13-17H2,1H3,(H,21,23). The molecule has 1 aromatic carbocycles. The second-order valence-corrected chi connectivity index (χ2v) is 6.61. The lowest BCUT2D eigenvalue weighted by Crippen LogP contribution is -2.30. The molecule has 0 bridgehead atoms. The van der Waals surface area contributed by atoms with Crippen molar-refractivity contribution in [1.29, 1.82) is 0 Å². The average molecular weight is 348 g/mol. The molecular weight excluding hydrogens is 316 g/mol. The third-order valence-corrected chi connectivity index (χ3v) is 4.60. The summed E-state index contributed by atoms with van der Waals surface area (Å²) >= 11 is 0. The smallest absolute Gasteiger partial charge is 0.257 e. The molecule has 0 saturated carbocycles. The van der Waals surface area contributed by atoms with Crippen LogP contribution in [0.4, 0.5) is 0 Å². The SMILES string of the molecule is COc1ccccc1OCC(=O)NCCCCCN1CCCCCC1. The van der Waals surface area contributed by atoms with Crippen LogP contribution in [0.1, 0.15) is 44.9 Å². The first-order valence-corrected chi connectivity index (χ1v) is 9.54. The Balaban J connectivity index is 1.50. The third kappa shape index (κ3) is 7.78. The number of ether oxygens (including phenoxy) is 2. The number of rotatable bonds is 10. The number of hydrogen-bond donors (Lipinski definition) is 1. The minimum absolute atomic E-state index is 0.0220. The summed E-state index contributed by atoms with van der Waals surface area (Å²) in [4.78, 5) is 14.4. The molecule has 1 N–H and O–H groups in total. The maximum atomic E-state index is 11.8. The minimum Gasteiger partial charge on any atom is -0.493 e. The molecule has 5 heteroatoms. The third-order valence-electron chi connectivity index (χ3n) is 4.60. The zero-order valence-electron chi connectivity index (χ0n) is 15.5. The summed E-state index contributed by atoms with van der Waals surface area (Å²) in [5.41, 5.74) is 0. The monoisotopic (exact) mass is 348 g/mol. The molecule has 0 aromatic heterocycles. The Morgan fingerprint density at radius 1 is 1.04 bits per heavy atom. The van der Waals surface area contributed by atoms with Crippen LogP contribution in [0.15, 0.2) is 24.3 Å². The largest absolute Gasteiger partial charge is 0.493 e. The van der Waals surface area contributed by atoms with E-state index < -0.39 is 0 Å². The van der Waals surface area contributed by atoms with Gasteiger partial charge < -0.3 is 19.7 Å². The minimum atomic E-state index is -0.0848. The van der Waals surface area contributed by atoms with Crippen molar-refractivity contribution in [3.63, 3.8) is 0 Å². The molecular formula is C20H32N2O3. The van der Waals surface area contributed by atoms with E-state index in [2.05, 4.69) is 10.2 Å². The van der Waals surface area contributed by atoms with Gasteiger partial charge in [-0.05, 0) is 57.5 Å². The first-order chi connectivity index (χ1) is 12.3. The Kier molecular flexibility index (Phi) is 9.19. The van der Waals surface area contributed by atoms with Gasteiger partial charge in [0.1, 0.15) is 0 Å². The summed E-state index contributed by atoms with van der Waals surface area (Å²) in [5, 5.41) is 2.92. The van der Waals surface area contributed by atoms with Crippen molar-refractivity contribution < 1.29 is 14.3 Å². The summed E-state index contributed by atoms with van der Waals surface area (Å²) in [6.07, 6.45) is 8.87. The van der Waals surface area contributed by atoms with E-state index >= 15 is 0 Å². The van der Waals surface area contributed by atoms with Gasteiger partial charge in [0, 0.05) is 6.54 Å². The van der Waals surface area contributed by atoms with Crippen molar-refractivity contribution in [1.82, 2.24) is 10.2 Å². The van der Waals surface area contributed by atoms with E-state index in [1.54, 1.807) is 13.2 Å². The second kappa shape index (κ2) is 11.7. The number of carbonyl (C=O) groups is 1. The summed E-state index contributed by atoms with van der Waals surface area (Å²) in [6, 6.07) is 7.35. The summed E-state index contributed by atoms with van der Waals surface area (Å²) in [7, 11) is 1.59. The van der Waals surface area contributed by atoms with Crippen LogP contribution in [0.3, 0.4) is 0 Å². The average Bonchev–Trinajstić information content (AvgIpc) is 2.92. The van der Waals surface area contributed by atoms with Crippen LogP contribution >= 0.6 is 0 Å². The number of benzene rings is 1. The second-order valence-electron chi connectivity index (χ2n) is 6.61. The van der Waals surface area contributed by atoms with Gasteiger partial charge in [0.15, 0.2) is 18.1 Å². The van der Waals surface area contributed by atoms with Gasteiger partial charge in [0.25, 0.3) is 5.91 Å². The molecule has 0 aliphatic carbocycles. The maximum absolute atomic E-state index is 11.8. The highest BCUT2D eigenvalue weighted by molar-refractivity contribution is 5.77. The Hall–Kier alpha value is -1.75. The van der Waals surface area contributed by atoms with Gasteiger partial charge in [-0.2, -0.15) is 0 Å². The van der Waals surface area contributed by atoms with Crippen molar-refractivity contribution >= 4 is 5.91 Å². The van der Waals surface area contributed by atoms with Gasteiger partial charge in [0.05, 0.1) is 7.11 Å². The van der Waals surface area contributed by atoms with Gasteiger partial charge in [-0.25, -0.2) is 0 Å². The Morgan fingerprint density at radius 3 is 2.48 bits per heavy atom. The number of carbonyl (C=O) groups excluding carboxylic acids is 1. The topological polar surface area (TPSA) is 50.8 Å². The highest BCUT2D eigenvalue weighted by Crippen LogP contribution is 2.25. The summed E-state index contributed by atoms with van der Waals surface area (Å²) in [6.45, 7) is 4.46. The predicted octanol–water partition coefficient (Wildman–Crippen LogP) is 3.24. The summed E-state index contributed by atoms with van der Waals surface area (Å²) in [5.74, 6) is 1.15. The lowest BCUT2D eigenvalue weighted by Gasteiger charge is -2.19. The van der Waals surface area contributed by atoms with E-state index in [0.29, 0.717) is 18.0 Å². The molecule has 0 unspecified atom stereocenters. The van der Waals surface area contributed by atoms with E-state index in [0.717, 1.165) is 12.8 Å². The number of unbranched alkanes of at least 4 members (excludes halogenated alkanes) is 2. The molecule has 0 atom stereocenters. The van der Waals surface area contributed by atoms with Crippen molar-refractivity contribution in [3.05, 3.63) is 24.3 Å². The number of nitrogens with zero attached hydrogens (tertiary/aromatic N) is 1. The van der Waals surface area contributed by atoms with E-state index in [1.165, 1.54) is 51.7 Å². The van der Waals surface area contributed by atoms with Crippen molar-refractivity contribution in [2.24, 2.45) is 0 Å². The highest BCUT2D eigenvalue weighted by atomic mass is 16.5. The molecule has 0 spiro atoms. The van der Waals surface area contributed by atoms with Gasteiger partial charge in [-0.15, -0.1) is 0 Å². The number of amides is 1. The molecule has 1 aliphatic heterocycles. The van der Waals surface area contributed by atoms with Gasteiger partial charge >= 0.3 is 0 Å². The molecule has 25 heavy (non-hydrogen) atoms. The van der Waals surface area contributed by atoms with Crippen LogP contribution in [-0.4, -0.2) is 50.7 Å². The fraction of sp³-hybridized carbons (Fsp3) is 0.650. The van der Waals surface area contributed by atoms with E-state index in [4.69, 9.17) is 9.47 Å². The first-order valence-electron chi connectivity index (χ1n) is 9.54. The van der Waals surface area contributed by atoms with E-state index in [1.807, 2.05) is 18.2 Å². The fourth-order valence-corrected chi connectivity index (χ4v) is 3.16. The Morgan fingerprint density at radius 2 is 1.76 bits per heavy atom. The first kappa shape index (κ1) is 19.6. The number of methoxy groups -OCH3 is 1. The lowest BCUT2D eigenvalue weighted by atomic mass is 10.2. The zero-order chi connectivity index (χ0) is 17.7. The van der Waals surface area contributed by atoms with Crippen molar-refractivity contribution in [3.8, 4) is 11.5 Å². The van der Waals surface area contributed by atoms with Crippen LogP contribution in [0.2, 0.25) is 0 Å². The lowest BCUT2D eigenvalue weighted by molar-refractivity contribution is -0.123. The number of likely N-dealkylation sites (tertiary alicyclic amines) is 1. The van der Waals surface area contributed by atoms with Gasteiger partial charge in [-0.3, -0.25) is 4.79 Å². The van der Waals surface area contributed by atoms with Crippen LogP contribution < -0.4 is 14.8 Å².